The van der Waals surface area contributed by atoms with Gasteiger partial charge in [0.15, 0.2) is 6.04 Å². The summed E-state index contributed by atoms with van der Waals surface area (Å²) in [7, 11) is 1.27. The fourth-order valence-corrected chi connectivity index (χ4v) is 1.33. The Kier molecular flexibility index (Phi) is 5.00. The number of hydrogen-bond acceptors (Lipinski definition) is 4. The van der Waals surface area contributed by atoms with Crippen molar-refractivity contribution in [1.29, 1.82) is 0 Å². The number of methoxy groups -OCH3 is 1. The highest BCUT2D eigenvalue weighted by atomic mass is 16.6. The van der Waals surface area contributed by atoms with Gasteiger partial charge in [0.1, 0.15) is 0 Å². The Morgan fingerprint density at radius 3 is 2.47 bits per heavy atom. The van der Waals surface area contributed by atoms with Crippen molar-refractivity contribution in [3.05, 3.63) is 35.9 Å². The molecule has 92 valence electrons. The highest BCUT2D eigenvalue weighted by molar-refractivity contribution is 5.82. The first-order valence-electron chi connectivity index (χ1n) is 5.25. The van der Waals surface area contributed by atoms with Crippen molar-refractivity contribution in [2.45, 2.75) is 13.0 Å². The van der Waals surface area contributed by atoms with Crippen LogP contribution >= 0.6 is 0 Å². The van der Waals surface area contributed by atoms with Crippen LogP contribution in [-0.4, -0.2) is 25.8 Å². The van der Waals surface area contributed by atoms with Crippen LogP contribution in [0.15, 0.2) is 30.3 Å². The second kappa shape index (κ2) is 6.52. The normalized spacial score (nSPS) is 11.4. The van der Waals surface area contributed by atoms with E-state index in [1.165, 1.54) is 7.11 Å². The number of carbonyl (C=O) groups is 2. The van der Waals surface area contributed by atoms with Crippen LogP contribution in [0.25, 0.3) is 0 Å². The van der Waals surface area contributed by atoms with E-state index in [1.807, 2.05) is 6.07 Å². The zero-order chi connectivity index (χ0) is 12.7. The molecule has 0 heterocycles. The molecule has 0 aliphatic rings. The minimum atomic E-state index is -0.847. The van der Waals surface area contributed by atoms with E-state index in [0.29, 0.717) is 5.56 Å². The minimum absolute atomic E-state index is 0.245. The number of alkyl carbamates (subject to hydrolysis) is 1. The molecule has 0 radical (unpaired) electrons. The topological polar surface area (TPSA) is 64.6 Å². The lowest BCUT2D eigenvalue weighted by Crippen LogP contribution is -2.34. The molecule has 0 saturated heterocycles. The maximum Gasteiger partial charge on any atom is 0.408 e. The smallest absolute Gasteiger partial charge is 0.408 e. The summed E-state index contributed by atoms with van der Waals surface area (Å²) >= 11 is 0. The summed E-state index contributed by atoms with van der Waals surface area (Å²) in [4.78, 5) is 22.9. The quantitative estimate of drug-likeness (QED) is 0.808. The van der Waals surface area contributed by atoms with Gasteiger partial charge in [0.2, 0.25) is 0 Å². The van der Waals surface area contributed by atoms with Crippen molar-refractivity contribution in [3.63, 3.8) is 0 Å². The van der Waals surface area contributed by atoms with Crippen LogP contribution in [0.4, 0.5) is 4.79 Å². The predicted molar refractivity (Wildman–Crippen MR) is 61.4 cm³/mol. The van der Waals surface area contributed by atoms with Crippen LogP contribution in [0.2, 0.25) is 0 Å². The van der Waals surface area contributed by atoms with Gasteiger partial charge in [0.25, 0.3) is 0 Å². The van der Waals surface area contributed by atoms with Crippen LogP contribution in [0.1, 0.15) is 18.5 Å². The van der Waals surface area contributed by atoms with Gasteiger partial charge < -0.3 is 14.8 Å². The van der Waals surface area contributed by atoms with Crippen LogP contribution < -0.4 is 5.32 Å². The van der Waals surface area contributed by atoms with Gasteiger partial charge >= 0.3 is 12.1 Å². The highest BCUT2D eigenvalue weighted by Gasteiger charge is 2.23. The summed E-state index contributed by atoms with van der Waals surface area (Å²) in [6, 6.07) is 7.99. The van der Waals surface area contributed by atoms with Crippen LogP contribution in [0.5, 0.6) is 0 Å². The molecule has 1 aromatic rings. The summed E-state index contributed by atoms with van der Waals surface area (Å²) in [6.45, 7) is 1.93. The third kappa shape index (κ3) is 3.79. The standard InChI is InChI=1S/C12H15NO4/c1-3-17-12(15)13-10(11(14)16-2)9-7-5-4-6-8-9/h4-8,10H,3H2,1-2H3,(H,13,15)/t10-/m1/s1. The van der Waals surface area contributed by atoms with E-state index in [2.05, 4.69) is 10.1 Å². The van der Waals surface area contributed by atoms with E-state index in [0.717, 1.165) is 0 Å². The number of carbonyl (C=O) groups excluding carboxylic acids is 2. The van der Waals surface area contributed by atoms with Gasteiger partial charge in [-0.3, -0.25) is 0 Å². The van der Waals surface area contributed by atoms with Crippen molar-refractivity contribution in [2.24, 2.45) is 0 Å². The predicted octanol–water partition coefficient (Wildman–Crippen LogP) is 1.65. The molecule has 1 amide bonds. The number of ether oxygens (including phenoxy) is 2. The maximum absolute atomic E-state index is 11.6. The average molecular weight is 237 g/mol. The third-order valence-electron chi connectivity index (χ3n) is 2.11. The molecule has 0 aromatic heterocycles. The van der Waals surface area contributed by atoms with Crippen molar-refractivity contribution < 1.29 is 19.1 Å². The van der Waals surface area contributed by atoms with Crippen molar-refractivity contribution in [2.75, 3.05) is 13.7 Å². The van der Waals surface area contributed by atoms with Crippen molar-refractivity contribution in [1.82, 2.24) is 5.32 Å². The molecule has 1 atom stereocenters. The maximum atomic E-state index is 11.6. The van der Waals surface area contributed by atoms with Gasteiger partial charge in [-0.25, -0.2) is 9.59 Å². The summed E-state index contributed by atoms with van der Waals surface area (Å²) in [6.07, 6.45) is -0.647. The van der Waals surface area contributed by atoms with Crippen molar-refractivity contribution in [3.8, 4) is 0 Å². The molecule has 0 fully saturated rings. The fourth-order valence-electron chi connectivity index (χ4n) is 1.33. The monoisotopic (exact) mass is 237 g/mol. The lowest BCUT2D eigenvalue weighted by molar-refractivity contribution is -0.143. The molecule has 0 aliphatic carbocycles. The second-order valence-electron chi connectivity index (χ2n) is 3.23. The van der Waals surface area contributed by atoms with Gasteiger partial charge in [-0.05, 0) is 12.5 Å². The molecule has 5 nitrogen and oxygen atoms in total. The van der Waals surface area contributed by atoms with Crippen LogP contribution in [-0.2, 0) is 14.3 Å². The zero-order valence-corrected chi connectivity index (χ0v) is 9.80. The third-order valence-corrected chi connectivity index (χ3v) is 2.11. The molecule has 0 saturated carbocycles. The highest BCUT2D eigenvalue weighted by Crippen LogP contribution is 2.14. The molecular weight excluding hydrogens is 222 g/mol. The molecule has 0 unspecified atom stereocenters. The number of amides is 1. The second-order valence-corrected chi connectivity index (χ2v) is 3.23. The molecular formula is C12H15NO4. The number of esters is 1. The largest absolute Gasteiger partial charge is 0.467 e. The molecule has 5 heteroatoms. The number of benzene rings is 1. The first-order chi connectivity index (χ1) is 8.19. The fraction of sp³-hybridized carbons (Fsp3) is 0.333. The molecule has 1 rings (SSSR count). The van der Waals surface area contributed by atoms with Gasteiger partial charge in [0.05, 0.1) is 13.7 Å². The van der Waals surface area contributed by atoms with Gasteiger partial charge in [-0.2, -0.15) is 0 Å². The molecule has 17 heavy (non-hydrogen) atoms. The summed E-state index contributed by atoms with van der Waals surface area (Å²) < 4.78 is 9.37. The van der Waals surface area contributed by atoms with E-state index < -0.39 is 18.1 Å². The molecule has 0 bridgehead atoms. The molecule has 1 aromatic carbocycles. The average Bonchev–Trinajstić information content (AvgIpc) is 2.36. The summed E-state index contributed by atoms with van der Waals surface area (Å²) in [5, 5.41) is 2.45. The minimum Gasteiger partial charge on any atom is -0.467 e. The van der Waals surface area contributed by atoms with E-state index >= 15 is 0 Å². The molecule has 0 spiro atoms. The zero-order valence-electron chi connectivity index (χ0n) is 9.80. The van der Waals surface area contributed by atoms with E-state index in [-0.39, 0.29) is 6.61 Å². The van der Waals surface area contributed by atoms with Gasteiger partial charge in [0, 0.05) is 0 Å². The Labute approximate surface area is 99.7 Å². The number of nitrogens with one attached hydrogen (secondary N) is 1. The van der Waals surface area contributed by atoms with E-state index in [9.17, 15) is 9.59 Å². The Bertz CT molecular complexity index is 377. The Hall–Kier alpha value is -2.04. The molecule has 1 N–H and O–H groups in total. The summed E-state index contributed by atoms with van der Waals surface area (Å²) in [5.74, 6) is -0.538. The van der Waals surface area contributed by atoms with Crippen molar-refractivity contribution >= 4 is 12.1 Å². The van der Waals surface area contributed by atoms with E-state index in [4.69, 9.17) is 4.74 Å². The van der Waals surface area contributed by atoms with E-state index in [1.54, 1.807) is 31.2 Å². The van der Waals surface area contributed by atoms with Crippen LogP contribution in [0.3, 0.4) is 0 Å². The first-order valence-corrected chi connectivity index (χ1v) is 5.25. The summed E-state index contributed by atoms with van der Waals surface area (Å²) in [5.41, 5.74) is 0.646. The van der Waals surface area contributed by atoms with Gasteiger partial charge in [-0.1, -0.05) is 30.3 Å². The Morgan fingerprint density at radius 1 is 1.29 bits per heavy atom. The number of hydrogen-bond donors (Lipinski definition) is 1. The lowest BCUT2D eigenvalue weighted by Gasteiger charge is -2.16. The lowest BCUT2D eigenvalue weighted by atomic mass is 10.1. The first kappa shape index (κ1) is 13.0. The Morgan fingerprint density at radius 2 is 1.94 bits per heavy atom. The van der Waals surface area contributed by atoms with Gasteiger partial charge in [-0.15, -0.1) is 0 Å². The Balaban J connectivity index is 2.82. The van der Waals surface area contributed by atoms with Crippen LogP contribution in [0, 0.1) is 0 Å². The molecule has 0 aliphatic heterocycles. The number of rotatable bonds is 4. The SMILES string of the molecule is CCOC(=O)N[C@@H](C(=O)OC)c1ccccc1.